The molecule has 11 heavy (non-hydrogen) atoms. The number of nitrogens with one attached hydrogen (secondary N) is 1. The van der Waals surface area contributed by atoms with E-state index in [-0.39, 0.29) is 5.91 Å². The van der Waals surface area contributed by atoms with Crippen LogP contribution in [0.1, 0.15) is 20.9 Å². The second kappa shape index (κ2) is 3.00. The minimum absolute atomic E-state index is 0.0475. The Morgan fingerprint density at radius 3 is 2.55 bits per heavy atom. The van der Waals surface area contributed by atoms with Gasteiger partial charge in [-0.25, -0.2) is 0 Å². The van der Waals surface area contributed by atoms with Crippen LogP contribution in [-0.2, 0) is 0 Å². The summed E-state index contributed by atoms with van der Waals surface area (Å²) in [5.41, 5.74) is 1.53. The summed E-state index contributed by atoms with van der Waals surface area (Å²) in [6, 6.07) is 0. The lowest BCUT2D eigenvalue weighted by molar-refractivity contribution is 0.0962. The van der Waals surface area contributed by atoms with Gasteiger partial charge >= 0.3 is 0 Å². The van der Waals surface area contributed by atoms with Crippen LogP contribution in [0.4, 0.5) is 0 Å². The molecule has 3 nitrogen and oxygen atoms in total. The molecule has 0 radical (unpaired) electrons. The lowest BCUT2D eigenvalue weighted by Gasteiger charge is -1.97. The molecule has 1 aromatic rings. The fourth-order valence-electron chi connectivity index (χ4n) is 0.932. The van der Waals surface area contributed by atoms with Crippen molar-refractivity contribution in [2.45, 2.75) is 13.8 Å². The van der Waals surface area contributed by atoms with E-state index in [0.29, 0.717) is 0 Å². The van der Waals surface area contributed by atoms with Crippen LogP contribution < -0.4 is 5.32 Å². The van der Waals surface area contributed by atoms with Gasteiger partial charge in [-0.1, -0.05) is 0 Å². The number of carbonyl (C=O) groups is 1. The van der Waals surface area contributed by atoms with Gasteiger partial charge in [0.05, 0.1) is 11.3 Å². The van der Waals surface area contributed by atoms with E-state index < -0.39 is 0 Å². The molecule has 0 aliphatic rings. The van der Waals surface area contributed by atoms with E-state index in [1.54, 1.807) is 7.05 Å². The first-order valence-electron chi connectivity index (χ1n) is 3.31. The molecule has 1 heterocycles. The van der Waals surface area contributed by atoms with Gasteiger partial charge in [0.1, 0.15) is 0 Å². The Hall–Kier alpha value is -0.900. The van der Waals surface area contributed by atoms with Crippen molar-refractivity contribution in [1.82, 2.24) is 9.69 Å². The number of amides is 1. The number of aromatic nitrogens is 1. The summed E-state index contributed by atoms with van der Waals surface area (Å²) >= 11 is 1.36. The van der Waals surface area contributed by atoms with E-state index in [4.69, 9.17) is 0 Å². The molecule has 60 valence electrons. The number of carbonyl (C=O) groups excluding carboxylic acids is 1. The molecule has 0 spiro atoms. The van der Waals surface area contributed by atoms with Gasteiger partial charge in [-0.2, -0.15) is 4.37 Å². The van der Waals surface area contributed by atoms with Gasteiger partial charge in [-0.05, 0) is 25.4 Å². The molecule has 0 aliphatic heterocycles. The summed E-state index contributed by atoms with van der Waals surface area (Å²) in [4.78, 5) is 12.1. The average molecular weight is 170 g/mol. The SMILES string of the molecule is CNC(=O)c1c(C)nsc1C. The summed E-state index contributed by atoms with van der Waals surface area (Å²) < 4.78 is 4.07. The summed E-state index contributed by atoms with van der Waals surface area (Å²) in [6.45, 7) is 3.74. The maximum atomic E-state index is 11.2. The highest BCUT2D eigenvalue weighted by Gasteiger charge is 2.12. The first kappa shape index (κ1) is 8.20. The monoisotopic (exact) mass is 170 g/mol. The minimum atomic E-state index is -0.0475. The first-order valence-corrected chi connectivity index (χ1v) is 4.09. The Morgan fingerprint density at radius 2 is 2.18 bits per heavy atom. The molecule has 1 rings (SSSR count). The summed E-state index contributed by atoms with van der Waals surface area (Å²) in [5.74, 6) is -0.0475. The number of hydrogen-bond donors (Lipinski definition) is 1. The van der Waals surface area contributed by atoms with Crippen LogP contribution in [0.2, 0.25) is 0 Å². The van der Waals surface area contributed by atoms with Crippen LogP contribution >= 0.6 is 11.5 Å². The second-order valence-corrected chi connectivity index (χ2v) is 3.26. The molecule has 0 fully saturated rings. The van der Waals surface area contributed by atoms with Crippen molar-refractivity contribution in [3.05, 3.63) is 16.1 Å². The van der Waals surface area contributed by atoms with E-state index in [1.165, 1.54) is 11.5 Å². The smallest absolute Gasteiger partial charge is 0.254 e. The van der Waals surface area contributed by atoms with Gasteiger partial charge in [0.15, 0.2) is 0 Å². The zero-order chi connectivity index (χ0) is 8.43. The topological polar surface area (TPSA) is 42.0 Å². The molecule has 1 N–H and O–H groups in total. The fraction of sp³-hybridized carbons (Fsp3) is 0.429. The highest BCUT2D eigenvalue weighted by molar-refractivity contribution is 7.06. The maximum Gasteiger partial charge on any atom is 0.254 e. The highest BCUT2D eigenvalue weighted by atomic mass is 32.1. The predicted molar refractivity (Wildman–Crippen MR) is 45.0 cm³/mol. The summed E-state index contributed by atoms with van der Waals surface area (Å²) in [7, 11) is 1.62. The molecule has 1 amide bonds. The zero-order valence-corrected chi connectivity index (χ0v) is 7.58. The second-order valence-electron chi connectivity index (χ2n) is 2.28. The van der Waals surface area contributed by atoms with Crippen LogP contribution in [0.5, 0.6) is 0 Å². The Kier molecular flexibility index (Phi) is 2.24. The van der Waals surface area contributed by atoms with Crippen LogP contribution in [0.15, 0.2) is 0 Å². The zero-order valence-electron chi connectivity index (χ0n) is 6.76. The molecule has 0 saturated heterocycles. The first-order chi connectivity index (χ1) is 5.16. The fourth-order valence-corrected chi connectivity index (χ4v) is 1.63. The van der Waals surface area contributed by atoms with E-state index in [1.807, 2.05) is 13.8 Å². The molecule has 0 atom stereocenters. The third kappa shape index (κ3) is 1.40. The van der Waals surface area contributed by atoms with Crippen LogP contribution in [0.25, 0.3) is 0 Å². The van der Waals surface area contributed by atoms with Crippen molar-refractivity contribution in [3.63, 3.8) is 0 Å². The number of aryl methyl sites for hydroxylation is 2. The van der Waals surface area contributed by atoms with Gasteiger partial charge < -0.3 is 5.32 Å². The lowest BCUT2D eigenvalue weighted by Crippen LogP contribution is -2.18. The standard InChI is InChI=1S/C7H10N2OS/c1-4-6(7(10)8-3)5(2)11-9-4/h1-3H3,(H,8,10). The van der Waals surface area contributed by atoms with Gasteiger partial charge in [0.25, 0.3) is 5.91 Å². The predicted octanol–water partition coefficient (Wildman–Crippen LogP) is 1.12. The van der Waals surface area contributed by atoms with E-state index in [9.17, 15) is 4.79 Å². The van der Waals surface area contributed by atoms with E-state index in [2.05, 4.69) is 9.69 Å². The number of nitrogens with zero attached hydrogens (tertiary/aromatic N) is 1. The molecule has 0 bridgehead atoms. The van der Waals surface area contributed by atoms with Gasteiger partial charge in [-0.3, -0.25) is 4.79 Å². The molecule has 0 aliphatic carbocycles. The summed E-state index contributed by atoms with van der Waals surface area (Å²) in [5, 5.41) is 2.58. The van der Waals surface area contributed by atoms with Crippen molar-refractivity contribution < 1.29 is 4.79 Å². The van der Waals surface area contributed by atoms with Crippen LogP contribution in [-0.4, -0.2) is 17.3 Å². The Labute approximate surface area is 69.6 Å². The minimum Gasteiger partial charge on any atom is -0.355 e. The van der Waals surface area contributed by atoms with Crippen LogP contribution in [0.3, 0.4) is 0 Å². The van der Waals surface area contributed by atoms with Crippen LogP contribution in [0, 0.1) is 13.8 Å². The van der Waals surface area contributed by atoms with Crippen molar-refractivity contribution in [1.29, 1.82) is 0 Å². The average Bonchev–Trinajstić information content (AvgIpc) is 2.30. The van der Waals surface area contributed by atoms with Crippen molar-refractivity contribution >= 4 is 17.4 Å². The molecule has 0 aromatic carbocycles. The summed E-state index contributed by atoms with van der Waals surface area (Å²) in [6.07, 6.45) is 0. The van der Waals surface area contributed by atoms with Gasteiger partial charge in [0, 0.05) is 11.9 Å². The van der Waals surface area contributed by atoms with E-state index >= 15 is 0 Å². The number of hydrogen-bond acceptors (Lipinski definition) is 3. The highest BCUT2D eigenvalue weighted by Crippen LogP contribution is 2.16. The van der Waals surface area contributed by atoms with Crippen molar-refractivity contribution in [2.24, 2.45) is 0 Å². The normalized spacial score (nSPS) is 9.73. The third-order valence-electron chi connectivity index (χ3n) is 1.49. The van der Waals surface area contributed by atoms with Crippen molar-refractivity contribution in [2.75, 3.05) is 7.05 Å². The Morgan fingerprint density at radius 1 is 1.55 bits per heavy atom. The lowest BCUT2D eigenvalue weighted by atomic mass is 10.2. The molecule has 0 saturated carbocycles. The third-order valence-corrected chi connectivity index (χ3v) is 2.33. The Balaban J connectivity index is 3.10. The van der Waals surface area contributed by atoms with Crippen molar-refractivity contribution in [3.8, 4) is 0 Å². The van der Waals surface area contributed by atoms with Gasteiger partial charge in [-0.15, -0.1) is 0 Å². The molecule has 0 unspecified atom stereocenters. The maximum absolute atomic E-state index is 11.2. The molecular weight excluding hydrogens is 160 g/mol. The molecule has 1 aromatic heterocycles. The molecule has 4 heteroatoms. The van der Waals surface area contributed by atoms with E-state index in [0.717, 1.165) is 16.1 Å². The number of rotatable bonds is 1. The molecular formula is C7H10N2OS. The quantitative estimate of drug-likeness (QED) is 0.686. The van der Waals surface area contributed by atoms with Gasteiger partial charge in [0.2, 0.25) is 0 Å². The largest absolute Gasteiger partial charge is 0.355 e. The Bertz CT molecular complexity index is 260.